The standard InChI is InChI=1S/C56H69F2N9O5/c1-34(68)65-26-22-47-46(33-65)51(66-23-8-9-36-27-44(38-31-60-63(6)32-38)45(50(57)58)29-48(36)66)62-67(47)40-20-24-64(25-21-40)39-13-18-42(19-14-39)71-41-15-10-35(11-16-41)52(69)61-53-55(2,3)54(56(53,4)5)72-43-17-12-37(30-59)49(28-43)70-7/h10-12,15-17,27-29,31-32,37,39-40,42,49-50,53-54H,8-9,13-14,18-26,33H2,1-7H3,(H,61,69). The quantitative estimate of drug-likeness (QED) is 0.146. The largest absolute Gasteiger partial charge is 0.490 e. The lowest BCUT2D eigenvalue weighted by Crippen LogP contribution is -2.73. The van der Waals surface area contributed by atoms with Crippen LogP contribution in [0.25, 0.3) is 11.1 Å². The summed E-state index contributed by atoms with van der Waals surface area (Å²) in [4.78, 5) is 33.0. The van der Waals surface area contributed by atoms with Gasteiger partial charge in [0.05, 0.1) is 43.0 Å². The number of hydrogen-bond donors (Lipinski definition) is 1. The molecule has 3 aliphatic carbocycles. The van der Waals surface area contributed by atoms with Crippen LogP contribution >= 0.6 is 0 Å². The summed E-state index contributed by atoms with van der Waals surface area (Å²) in [6, 6.07) is 13.9. The van der Waals surface area contributed by atoms with Crippen LogP contribution in [0.15, 0.2) is 72.8 Å². The average molecular weight is 986 g/mol. The fourth-order valence-electron chi connectivity index (χ4n) is 13.2. The predicted molar refractivity (Wildman–Crippen MR) is 270 cm³/mol. The Bertz CT molecular complexity index is 2760. The normalized spacial score (nSPS) is 26.0. The monoisotopic (exact) mass is 986 g/mol. The van der Waals surface area contributed by atoms with Gasteiger partial charge < -0.3 is 34.2 Å². The highest BCUT2D eigenvalue weighted by Gasteiger charge is 2.64. The Morgan fingerprint density at radius 3 is 2.32 bits per heavy atom. The maximum atomic E-state index is 14.8. The Hall–Kier alpha value is -6.05. The lowest BCUT2D eigenvalue weighted by atomic mass is 9.49. The zero-order chi connectivity index (χ0) is 50.6. The van der Waals surface area contributed by atoms with Gasteiger partial charge in [-0.25, -0.2) is 8.78 Å². The molecule has 2 aromatic carbocycles. The minimum atomic E-state index is -2.66. The number of methoxy groups -OCH3 is 1. The van der Waals surface area contributed by atoms with Gasteiger partial charge in [0.15, 0.2) is 5.82 Å². The van der Waals surface area contributed by atoms with Crippen molar-refractivity contribution in [2.75, 3.05) is 38.2 Å². The van der Waals surface area contributed by atoms with Crippen LogP contribution < -0.4 is 15.0 Å². The Balaban J connectivity index is 0.741. The van der Waals surface area contributed by atoms with Crippen molar-refractivity contribution in [3.8, 4) is 22.9 Å². The van der Waals surface area contributed by atoms with E-state index in [0.717, 1.165) is 98.5 Å². The average Bonchev–Trinajstić information content (AvgIpc) is 4.00. The van der Waals surface area contributed by atoms with Crippen molar-refractivity contribution in [1.29, 1.82) is 5.26 Å². The summed E-state index contributed by atoms with van der Waals surface area (Å²) in [5.41, 5.74) is 5.03. The summed E-state index contributed by atoms with van der Waals surface area (Å²) in [6.07, 6.45) is 14.1. The molecule has 5 heterocycles. The van der Waals surface area contributed by atoms with Crippen molar-refractivity contribution in [3.05, 3.63) is 101 Å². The number of likely N-dealkylation sites (tertiary alicyclic amines) is 1. The first-order valence-corrected chi connectivity index (χ1v) is 25.9. The van der Waals surface area contributed by atoms with Gasteiger partial charge in [-0.3, -0.25) is 19.0 Å². The van der Waals surface area contributed by atoms with Crippen LogP contribution in [0.3, 0.4) is 0 Å². The minimum absolute atomic E-state index is 0.0125. The van der Waals surface area contributed by atoms with Crippen molar-refractivity contribution in [2.45, 2.75) is 142 Å². The van der Waals surface area contributed by atoms with Crippen molar-refractivity contribution < 1.29 is 32.6 Å². The van der Waals surface area contributed by atoms with Crippen molar-refractivity contribution in [2.24, 2.45) is 23.8 Å². The number of fused-ring (bicyclic) bond motifs is 2. The third kappa shape index (κ3) is 9.31. The third-order valence-electron chi connectivity index (χ3n) is 16.8. The second-order valence-electron chi connectivity index (χ2n) is 22.1. The molecule has 1 N–H and O–H groups in total. The molecule has 2 unspecified atom stereocenters. The molecule has 2 amide bonds. The first kappa shape index (κ1) is 49.5. The Morgan fingerprint density at radius 1 is 0.931 bits per heavy atom. The summed E-state index contributed by atoms with van der Waals surface area (Å²) >= 11 is 0. The number of anilines is 2. The minimum Gasteiger partial charge on any atom is -0.490 e. The summed E-state index contributed by atoms with van der Waals surface area (Å²) in [5, 5.41) is 22.4. The van der Waals surface area contributed by atoms with Gasteiger partial charge in [-0.15, -0.1) is 0 Å². The number of amides is 2. The zero-order valence-corrected chi connectivity index (χ0v) is 42.7. The number of piperidine rings is 1. The molecule has 14 nitrogen and oxygen atoms in total. The molecule has 382 valence electrons. The molecule has 72 heavy (non-hydrogen) atoms. The zero-order valence-electron chi connectivity index (χ0n) is 42.7. The fourth-order valence-corrected chi connectivity index (χ4v) is 13.2. The molecule has 3 fully saturated rings. The Kier molecular flexibility index (Phi) is 13.6. The number of ether oxygens (including phenoxy) is 3. The van der Waals surface area contributed by atoms with E-state index in [-0.39, 0.29) is 64.5 Å². The second-order valence-corrected chi connectivity index (χ2v) is 22.1. The van der Waals surface area contributed by atoms with E-state index >= 15 is 0 Å². The molecular formula is C56H69F2N9O5. The summed E-state index contributed by atoms with van der Waals surface area (Å²) in [6.45, 7) is 13.7. The molecule has 4 aromatic rings. The summed E-state index contributed by atoms with van der Waals surface area (Å²) in [5.74, 6) is 1.76. The van der Waals surface area contributed by atoms with Gasteiger partial charge in [-0.2, -0.15) is 15.5 Å². The van der Waals surface area contributed by atoms with E-state index < -0.39 is 6.43 Å². The molecule has 6 aliphatic rings. The molecule has 2 aromatic heterocycles. The van der Waals surface area contributed by atoms with Gasteiger partial charge in [-0.05, 0) is 111 Å². The van der Waals surface area contributed by atoms with E-state index in [1.807, 2.05) is 53.5 Å². The van der Waals surface area contributed by atoms with Crippen LogP contribution in [-0.4, -0.2) is 105 Å². The first-order valence-electron chi connectivity index (χ1n) is 25.9. The summed E-state index contributed by atoms with van der Waals surface area (Å²) < 4.78 is 52.0. The maximum absolute atomic E-state index is 14.8. The topological polar surface area (TPSA) is 143 Å². The number of hydrogen-bond acceptors (Lipinski definition) is 10. The first-order chi connectivity index (χ1) is 34.5. The number of allylic oxidation sites excluding steroid dienone is 1. The third-order valence-corrected chi connectivity index (χ3v) is 16.8. The Labute approximate surface area is 421 Å². The number of carbonyl (C=O) groups is 2. The lowest BCUT2D eigenvalue weighted by Gasteiger charge is -2.63. The molecule has 1 saturated heterocycles. The van der Waals surface area contributed by atoms with Gasteiger partial charge in [0.25, 0.3) is 12.3 Å². The van der Waals surface area contributed by atoms with Crippen molar-refractivity contribution in [3.63, 3.8) is 0 Å². The van der Waals surface area contributed by atoms with Crippen LogP contribution in [0.1, 0.15) is 125 Å². The number of aromatic nitrogens is 4. The smallest absolute Gasteiger partial charge is 0.264 e. The van der Waals surface area contributed by atoms with Crippen LogP contribution in [0.5, 0.6) is 5.75 Å². The van der Waals surface area contributed by atoms with Crippen molar-refractivity contribution in [1.82, 2.24) is 34.7 Å². The van der Waals surface area contributed by atoms with E-state index in [1.165, 1.54) is 0 Å². The molecule has 10 rings (SSSR count). The number of carbonyl (C=O) groups excluding carboxylic acids is 2. The van der Waals surface area contributed by atoms with Crippen LogP contribution in [0.2, 0.25) is 0 Å². The SMILES string of the molecule is COC1C=C(OC2C(C)(C)C(NC(=O)c3ccc(OC4CCC(N5CCC(n6nc(N7CCCc8cc(-c9cnn(C)c9)c(C(F)F)cc87)c7c6CCN(C(C)=O)C7)CC5)CC4)cc3)C2(C)C)C=CC1C#N. The van der Waals surface area contributed by atoms with Gasteiger partial charge in [0.1, 0.15) is 17.6 Å². The molecule has 0 spiro atoms. The number of benzene rings is 2. The van der Waals surface area contributed by atoms with Gasteiger partial charge in [-0.1, -0.05) is 33.8 Å². The van der Waals surface area contributed by atoms with Gasteiger partial charge in [0, 0.05) is 116 Å². The molecule has 2 atom stereocenters. The molecule has 0 bridgehead atoms. The Morgan fingerprint density at radius 2 is 1.67 bits per heavy atom. The lowest BCUT2D eigenvalue weighted by molar-refractivity contribution is -0.188. The predicted octanol–water partition coefficient (Wildman–Crippen LogP) is 9.40. The summed E-state index contributed by atoms with van der Waals surface area (Å²) in [7, 11) is 3.38. The fraction of sp³-hybridized carbons (Fsp3) is 0.554. The van der Waals surface area contributed by atoms with Gasteiger partial charge >= 0.3 is 0 Å². The van der Waals surface area contributed by atoms with E-state index in [0.29, 0.717) is 54.5 Å². The van der Waals surface area contributed by atoms with E-state index in [9.17, 15) is 23.6 Å². The number of aryl methyl sites for hydroxylation is 2. The highest BCUT2D eigenvalue weighted by Crippen LogP contribution is 2.56. The van der Waals surface area contributed by atoms with Crippen LogP contribution in [0, 0.1) is 28.1 Å². The van der Waals surface area contributed by atoms with E-state index in [2.05, 4.69) is 58.7 Å². The second kappa shape index (κ2) is 19.8. The number of rotatable bonds is 12. The number of halogens is 2. The highest BCUT2D eigenvalue weighted by molar-refractivity contribution is 5.94. The van der Waals surface area contributed by atoms with Gasteiger partial charge in [0.2, 0.25) is 5.91 Å². The molecule has 2 saturated carbocycles. The molecule has 3 aliphatic heterocycles. The van der Waals surface area contributed by atoms with Crippen molar-refractivity contribution >= 4 is 23.3 Å². The highest BCUT2D eigenvalue weighted by atomic mass is 19.3. The molecule has 16 heteroatoms. The molecular weight excluding hydrogens is 917 g/mol. The number of nitriles is 1. The van der Waals surface area contributed by atoms with E-state index in [1.54, 1.807) is 44.2 Å². The molecule has 0 radical (unpaired) electrons. The number of alkyl halides is 2. The number of nitrogens with zero attached hydrogens (tertiary/aromatic N) is 8. The maximum Gasteiger partial charge on any atom is 0.264 e. The van der Waals surface area contributed by atoms with Crippen LogP contribution in [-0.2, 0) is 40.7 Å². The van der Waals surface area contributed by atoms with E-state index in [4.69, 9.17) is 19.3 Å². The number of nitrogens with one attached hydrogen (secondary N) is 1. The van der Waals surface area contributed by atoms with Crippen LogP contribution in [0.4, 0.5) is 20.3 Å².